The van der Waals surface area contributed by atoms with Crippen molar-refractivity contribution in [3.8, 4) is 11.4 Å². The van der Waals surface area contributed by atoms with E-state index >= 15 is 0 Å². The highest BCUT2D eigenvalue weighted by Crippen LogP contribution is 2.20. The molecule has 21 heavy (non-hydrogen) atoms. The number of rotatable bonds is 6. The Morgan fingerprint density at radius 1 is 1.48 bits per heavy atom. The maximum absolute atomic E-state index is 11.1. The minimum absolute atomic E-state index is 0.235. The van der Waals surface area contributed by atoms with Crippen LogP contribution in [0.25, 0.3) is 11.4 Å². The van der Waals surface area contributed by atoms with Crippen molar-refractivity contribution in [1.29, 1.82) is 0 Å². The van der Waals surface area contributed by atoms with E-state index in [0.29, 0.717) is 18.3 Å². The quantitative estimate of drug-likeness (QED) is 0.803. The van der Waals surface area contributed by atoms with E-state index in [1.54, 1.807) is 0 Å². The molecule has 0 bridgehead atoms. The molecule has 1 heterocycles. The van der Waals surface area contributed by atoms with Crippen LogP contribution in [0.15, 0.2) is 33.3 Å². The molecule has 1 amide bonds. The Labute approximate surface area is 131 Å². The average Bonchev–Trinajstić information content (AvgIpc) is 2.86. The van der Waals surface area contributed by atoms with E-state index in [9.17, 15) is 4.79 Å². The standard InChI is InChI=1S/C14H17BrN4O2/c1-9(2)19(7-12(16)20)8-13-17-14(18-21-13)10-4-3-5-11(15)6-10/h3-6,9H,7-8H2,1-2H3,(H2,16,20)/p+1. The maximum atomic E-state index is 11.1. The lowest BCUT2D eigenvalue weighted by atomic mass is 10.2. The lowest BCUT2D eigenvalue weighted by molar-refractivity contribution is -0.928. The number of quaternary nitrogens is 1. The first-order valence-corrected chi connectivity index (χ1v) is 7.46. The summed E-state index contributed by atoms with van der Waals surface area (Å²) in [4.78, 5) is 16.5. The molecule has 2 aromatic rings. The molecule has 1 unspecified atom stereocenters. The number of carbonyl (C=O) groups is 1. The molecular weight excluding hydrogens is 336 g/mol. The SMILES string of the molecule is CC(C)[NH+](CC(N)=O)Cc1nc(-c2cccc(Br)c2)no1. The van der Waals surface area contributed by atoms with Crippen LogP contribution in [0.2, 0.25) is 0 Å². The van der Waals surface area contributed by atoms with Crippen molar-refractivity contribution < 1.29 is 14.2 Å². The molecule has 0 saturated heterocycles. The Bertz CT molecular complexity index is 627. The Kier molecular flexibility index (Phi) is 5.08. The molecular formula is C14H18BrN4O2+. The zero-order valence-electron chi connectivity index (χ0n) is 12.0. The Balaban J connectivity index is 2.14. The van der Waals surface area contributed by atoms with Crippen LogP contribution < -0.4 is 10.6 Å². The van der Waals surface area contributed by atoms with E-state index in [0.717, 1.165) is 14.9 Å². The van der Waals surface area contributed by atoms with Gasteiger partial charge in [0.15, 0.2) is 13.1 Å². The predicted molar refractivity (Wildman–Crippen MR) is 81.3 cm³/mol. The molecule has 1 atom stereocenters. The van der Waals surface area contributed by atoms with Gasteiger partial charge in [-0.15, -0.1) is 0 Å². The van der Waals surface area contributed by atoms with Gasteiger partial charge in [-0.05, 0) is 26.0 Å². The van der Waals surface area contributed by atoms with E-state index in [-0.39, 0.29) is 18.5 Å². The first kappa shape index (κ1) is 15.7. The van der Waals surface area contributed by atoms with Gasteiger partial charge in [-0.25, -0.2) is 0 Å². The van der Waals surface area contributed by atoms with Crippen molar-refractivity contribution in [3.05, 3.63) is 34.6 Å². The molecule has 0 aliphatic carbocycles. The Morgan fingerprint density at radius 2 is 2.24 bits per heavy atom. The molecule has 2 rings (SSSR count). The van der Waals surface area contributed by atoms with Crippen LogP contribution in [0.1, 0.15) is 19.7 Å². The normalized spacial score (nSPS) is 12.6. The summed E-state index contributed by atoms with van der Waals surface area (Å²) in [6, 6.07) is 7.91. The summed E-state index contributed by atoms with van der Waals surface area (Å²) in [5.41, 5.74) is 6.14. The topological polar surface area (TPSA) is 86.5 Å². The summed E-state index contributed by atoms with van der Waals surface area (Å²) in [6.07, 6.45) is 0. The zero-order valence-corrected chi connectivity index (χ0v) is 13.6. The summed E-state index contributed by atoms with van der Waals surface area (Å²) in [5.74, 6) is 0.689. The lowest BCUT2D eigenvalue weighted by Gasteiger charge is -2.19. The number of hydrogen-bond donors (Lipinski definition) is 2. The Morgan fingerprint density at radius 3 is 2.86 bits per heavy atom. The third-order valence-corrected chi connectivity index (χ3v) is 3.64. The number of carbonyl (C=O) groups excluding carboxylic acids is 1. The van der Waals surface area contributed by atoms with Crippen molar-refractivity contribution in [2.24, 2.45) is 5.73 Å². The average molecular weight is 354 g/mol. The van der Waals surface area contributed by atoms with Gasteiger partial charge in [-0.1, -0.05) is 33.2 Å². The minimum Gasteiger partial charge on any atom is -0.365 e. The van der Waals surface area contributed by atoms with Gasteiger partial charge >= 0.3 is 0 Å². The number of amides is 1. The summed E-state index contributed by atoms with van der Waals surface area (Å²) in [7, 11) is 0. The number of nitrogens with one attached hydrogen (secondary N) is 1. The van der Waals surface area contributed by atoms with Crippen molar-refractivity contribution in [1.82, 2.24) is 10.1 Å². The van der Waals surface area contributed by atoms with Crippen LogP contribution in [-0.2, 0) is 11.3 Å². The van der Waals surface area contributed by atoms with E-state index < -0.39 is 0 Å². The number of nitrogens with zero attached hydrogens (tertiary/aromatic N) is 2. The number of aromatic nitrogens is 2. The summed E-state index contributed by atoms with van der Waals surface area (Å²) in [5, 5.41) is 3.98. The van der Waals surface area contributed by atoms with Gasteiger partial charge in [-0.2, -0.15) is 4.98 Å². The second-order valence-corrected chi connectivity index (χ2v) is 6.07. The van der Waals surface area contributed by atoms with Gasteiger partial charge in [0.05, 0.1) is 6.04 Å². The van der Waals surface area contributed by atoms with Crippen LogP contribution in [0.5, 0.6) is 0 Å². The fraction of sp³-hybridized carbons (Fsp3) is 0.357. The highest BCUT2D eigenvalue weighted by molar-refractivity contribution is 9.10. The first-order valence-electron chi connectivity index (χ1n) is 6.67. The summed E-state index contributed by atoms with van der Waals surface area (Å²) >= 11 is 3.41. The number of hydrogen-bond acceptors (Lipinski definition) is 4. The molecule has 1 aromatic heterocycles. The summed E-state index contributed by atoms with van der Waals surface area (Å²) in [6.45, 7) is 4.75. The number of benzene rings is 1. The highest BCUT2D eigenvalue weighted by Gasteiger charge is 2.20. The molecule has 7 heteroatoms. The van der Waals surface area contributed by atoms with E-state index in [4.69, 9.17) is 10.3 Å². The second-order valence-electron chi connectivity index (χ2n) is 5.15. The number of nitrogens with two attached hydrogens (primary N) is 1. The maximum Gasteiger partial charge on any atom is 0.282 e. The Hall–Kier alpha value is -1.73. The second kappa shape index (κ2) is 6.82. The van der Waals surface area contributed by atoms with Crippen molar-refractivity contribution in [2.75, 3.05) is 6.54 Å². The van der Waals surface area contributed by atoms with Crippen LogP contribution in [0.4, 0.5) is 0 Å². The molecule has 0 radical (unpaired) electrons. The van der Waals surface area contributed by atoms with Crippen molar-refractivity contribution in [3.63, 3.8) is 0 Å². The minimum atomic E-state index is -0.342. The highest BCUT2D eigenvalue weighted by atomic mass is 79.9. The van der Waals surface area contributed by atoms with E-state index in [2.05, 4.69) is 26.1 Å². The van der Waals surface area contributed by atoms with Gasteiger partial charge < -0.3 is 15.2 Å². The molecule has 0 aliphatic rings. The van der Waals surface area contributed by atoms with Gasteiger partial charge in [0, 0.05) is 10.0 Å². The fourth-order valence-corrected chi connectivity index (χ4v) is 2.36. The lowest BCUT2D eigenvalue weighted by Crippen LogP contribution is -3.14. The molecule has 3 N–H and O–H groups in total. The van der Waals surface area contributed by atoms with Gasteiger partial charge in [0.1, 0.15) is 0 Å². The fourth-order valence-electron chi connectivity index (χ4n) is 1.96. The van der Waals surface area contributed by atoms with Crippen LogP contribution in [0.3, 0.4) is 0 Å². The van der Waals surface area contributed by atoms with Crippen LogP contribution in [-0.4, -0.2) is 28.6 Å². The molecule has 1 aromatic carbocycles. The molecule has 6 nitrogen and oxygen atoms in total. The van der Waals surface area contributed by atoms with E-state index in [1.165, 1.54) is 0 Å². The van der Waals surface area contributed by atoms with Crippen LogP contribution in [0, 0.1) is 0 Å². The third kappa shape index (κ3) is 4.37. The number of primary amides is 1. The molecule has 0 fully saturated rings. The third-order valence-electron chi connectivity index (χ3n) is 3.15. The van der Waals surface area contributed by atoms with E-state index in [1.807, 2.05) is 38.1 Å². The van der Waals surface area contributed by atoms with Crippen molar-refractivity contribution >= 4 is 21.8 Å². The molecule has 0 saturated carbocycles. The largest absolute Gasteiger partial charge is 0.365 e. The smallest absolute Gasteiger partial charge is 0.282 e. The number of halogens is 1. The monoisotopic (exact) mass is 353 g/mol. The first-order chi connectivity index (χ1) is 9.95. The van der Waals surface area contributed by atoms with Gasteiger partial charge in [0.2, 0.25) is 5.82 Å². The van der Waals surface area contributed by atoms with Gasteiger partial charge in [0.25, 0.3) is 11.8 Å². The van der Waals surface area contributed by atoms with Crippen molar-refractivity contribution in [2.45, 2.75) is 26.4 Å². The zero-order chi connectivity index (χ0) is 15.4. The molecule has 0 spiro atoms. The van der Waals surface area contributed by atoms with Gasteiger partial charge in [-0.3, -0.25) is 4.79 Å². The molecule has 0 aliphatic heterocycles. The predicted octanol–water partition coefficient (Wildman–Crippen LogP) is 0.778. The van der Waals surface area contributed by atoms with Crippen LogP contribution >= 0.6 is 15.9 Å². The summed E-state index contributed by atoms with van der Waals surface area (Å²) < 4.78 is 6.23. The molecule has 112 valence electrons.